The number of hydrogen-bond donors (Lipinski definition) is 0. The highest BCUT2D eigenvalue weighted by Gasteiger charge is 2.27. The summed E-state index contributed by atoms with van der Waals surface area (Å²) in [4.78, 5) is 31.2. The fourth-order valence-corrected chi connectivity index (χ4v) is 10.9. The highest BCUT2D eigenvalue weighted by molar-refractivity contribution is 6.21. The largest absolute Gasteiger partial charge is 0.307 e. The first-order valence-electron chi connectivity index (χ1n) is 24.6. The van der Waals surface area contributed by atoms with E-state index in [-0.39, 0.29) is 0 Å². The van der Waals surface area contributed by atoms with Gasteiger partial charge >= 0.3 is 0 Å². The van der Waals surface area contributed by atoms with Crippen molar-refractivity contribution in [2.75, 3.05) is 0 Å². The second-order valence-electron chi connectivity index (χ2n) is 18.4. The molecule has 0 spiro atoms. The number of fused-ring (bicyclic) bond motifs is 10. The molecule has 0 unspecified atom stereocenters. The molecule has 74 heavy (non-hydrogen) atoms. The summed E-state index contributed by atoms with van der Waals surface area (Å²) in [5.74, 6) is 3.50. The van der Waals surface area contributed by atoms with Gasteiger partial charge < -0.3 is 9.13 Å². The molecule has 0 N–H and O–H groups in total. The van der Waals surface area contributed by atoms with Gasteiger partial charge in [-0.15, -0.1) is 0 Å². The maximum absolute atomic E-state index is 5.27. The van der Waals surface area contributed by atoms with Crippen LogP contribution in [0.25, 0.3) is 135 Å². The molecule has 9 aromatic carbocycles. The van der Waals surface area contributed by atoms with E-state index >= 15 is 0 Å². The van der Waals surface area contributed by atoms with Crippen LogP contribution in [-0.2, 0) is 0 Å². The smallest absolute Gasteiger partial charge is 0.238 e. The van der Waals surface area contributed by atoms with E-state index in [4.69, 9.17) is 29.9 Å². The number of nitrogens with zero attached hydrogens (tertiary/aromatic N) is 10. The molecule has 0 atom stereocenters. The zero-order chi connectivity index (χ0) is 48.7. The van der Waals surface area contributed by atoms with Crippen LogP contribution >= 0.6 is 0 Å². The fourth-order valence-electron chi connectivity index (χ4n) is 10.9. The summed E-state index contributed by atoms with van der Waals surface area (Å²) in [6, 6.07) is 83.9. The third-order valence-corrected chi connectivity index (χ3v) is 14.1. The minimum Gasteiger partial charge on any atom is -0.307 e. The summed E-state index contributed by atoms with van der Waals surface area (Å²) in [5.41, 5.74) is 13.9. The van der Waals surface area contributed by atoms with E-state index in [0.717, 1.165) is 99.3 Å². The van der Waals surface area contributed by atoms with Crippen LogP contribution in [-0.4, -0.2) is 48.2 Å². The fraction of sp³-hybridized carbons (Fsp3) is 0. The molecule has 0 radical (unpaired) electrons. The van der Waals surface area contributed by atoms with Crippen LogP contribution in [0.3, 0.4) is 0 Å². The monoisotopic (exact) mass is 948 g/mol. The third-order valence-electron chi connectivity index (χ3n) is 14.1. The Morgan fingerprint density at radius 1 is 0.216 bits per heavy atom. The Bertz CT molecular complexity index is 4230. The van der Waals surface area contributed by atoms with Gasteiger partial charge in [0.2, 0.25) is 11.9 Å². The maximum atomic E-state index is 5.27. The number of benzene rings is 9. The Labute approximate surface area is 423 Å². The average molecular weight is 949 g/mol. The van der Waals surface area contributed by atoms with E-state index in [0.29, 0.717) is 35.2 Å². The van der Waals surface area contributed by atoms with Crippen molar-refractivity contribution in [2.24, 2.45) is 0 Å². The Morgan fingerprint density at radius 2 is 0.473 bits per heavy atom. The number of hydrogen-bond acceptors (Lipinski definition) is 6. The van der Waals surface area contributed by atoms with Crippen molar-refractivity contribution in [2.45, 2.75) is 0 Å². The summed E-state index contributed by atoms with van der Waals surface area (Å²) in [6.07, 6.45) is 0. The Balaban J connectivity index is 0.979. The molecule has 0 aliphatic carbocycles. The first-order valence-corrected chi connectivity index (χ1v) is 24.6. The topological polar surface area (TPSA) is 97.1 Å². The molecule has 15 rings (SSSR count). The molecular weight excluding hydrogens is 909 g/mol. The molecule has 0 aliphatic heterocycles. The normalized spacial score (nSPS) is 11.8. The van der Waals surface area contributed by atoms with Crippen LogP contribution < -0.4 is 0 Å². The molecule has 6 aromatic heterocycles. The summed E-state index contributed by atoms with van der Waals surface area (Å²) >= 11 is 0. The lowest BCUT2D eigenvalue weighted by molar-refractivity contribution is 0.954. The summed E-state index contributed by atoms with van der Waals surface area (Å²) in [7, 11) is 0. The highest BCUT2D eigenvalue weighted by Crippen LogP contribution is 2.43. The second-order valence-corrected chi connectivity index (χ2v) is 18.4. The first-order chi connectivity index (χ1) is 36.7. The van der Waals surface area contributed by atoms with E-state index in [2.05, 4.69) is 140 Å². The molecule has 0 saturated carbocycles. The van der Waals surface area contributed by atoms with Crippen molar-refractivity contribution >= 4 is 65.7 Å². The van der Waals surface area contributed by atoms with Crippen LogP contribution in [0.15, 0.2) is 243 Å². The molecule has 0 saturated heterocycles. The van der Waals surface area contributed by atoms with Gasteiger partial charge in [-0.05, 0) is 42.5 Å². The van der Waals surface area contributed by atoms with E-state index in [1.165, 1.54) is 0 Å². The van der Waals surface area contributed by atoms with Crippen molar-refractivity contribution in [3.05, 3.63) is 243 Å². The van der Waals surface area contributed by atoms with Gasteiger partial charge in [-0.1, -0.05) is 200 Å². The number of rotatable bonds is 8. The van der Waals surface area contributed by atoms with Gasteiger partial charge in [0.25, 0.3) is 0 Å². The Hall–Kier alpha value is -10.3. The molecule has 10 nitrogen and oxygen atoms in total. The molecule has 0 bridgehead atoms. The van der Waals surface area contributed by atoms with Crippen LogP contribution in [0, 0.1) is 0 Å². The van der Waals surface area contributed by atoms with Crippen LogP contribution in [0.4, 0.5) is 0 Å². The lowest BCUT2D eigenvalue weighted by atomic mass is 10.2. The minimum absolute atomic E-state index is 0.545. The van der Waals surface area contributed by atoms with Crippen molar-refractivity contribution in [1.29, 1.82) is 0 Å². The summed E-state index contributed by atoms with van der Waals surface area (Å²) in [6.45, 7) is 0. The zero-order valence-electron chi connectivity index (χ0n) is 39.6. The van der Waals surface area contributed by atoms with Gasteiger partial charge in [0, 0.05) is 55.2 Å². The van der Waals surface area contributed by atoms with Crippen LogP contribution in [0.5, 0.6) is 0 Å². The molecule has 0 aliphatic rings. The lowest BCUT2D eigenvalue weighted by Crippen LogP contribution is -2.06. The minimum atomic E-state index is 0.545. The molecule has 15 aromatic rings. The Morgan fingerprint density at radius 3 is 0.784 bits per heavy atom. The average Bonchev–Trinajstić information content (AvgIpc) is 4.22. The van der Waals surface area contributed by atoms with Gasteiger partial charge in [-0.25, -0.2) is 9.97 Å². The lowest BCUT2D eigenvalue weighted by Gasteiger charge is -2.13. The molecule has 0 fully saturated rings. The van der Waals surface area contributed by atoms with E-state index in [9.17, 15) is 0 Å². The van der Waals surface area contributed by atoms with Crippen molar-refractivity contribution in [3.63, 3.8) is 0 Å². The maximum Gasteiger partial charge on any atom is 0.238 e. The van der Waals surface area contributed by atoms with Crippen molar-refractivity contribution in [3.8, 4) is 68.8 Å². The summed E-state index contributed by atoms with van der Waals surface area (Å²) < 4.78 is 9.24. The number of para-hydroxylation sites is 4. The van der Waals surface area contributed by atoms with Crippen LogP contribution in [0.1, 0.15) is 0 Å². The van der Waals surface area contributed by atoms with Gasteiger partial charge in [-0.2, -0.15) is 19.9 Å². The van der Waals surface area contributed by atoms with Gasteiger partial charge in [-0.3, -0.25) is 9.13 Å². The highest BCUT2D eigenvalue weighted by atomic mass is 15.2. The molecule has 10 heteroatoms. The van der Waals surface area contributed by atoms with E-state index in [1.807, 2.05) is 121 Å². The van der Waals surface area contributed by atoms with Crippen LogP contribution in [0.2, 0.25) is 0 Å². The molecule has 6 heterocycles. The van der Waals surface area contributed by atoms with Gasteiger partial charge in [0.05, 0.1) is 44.1 Å². The third kappa shape index (κ3) is 6.45. The molecule has 0 amide bonds. The van der Waals surface area contributed by atoms with E-state index in [1.54, 1.807) is 0 Å². The second kappa shape index (κ2) is 16.6. The molecular formula is C64H40N10. The molecule has 346 valence electrons. The predicted molar refractivity (Wildman–Crippen MR) is 297 cm³/mol. The SMILES string of the molecule is c1ccc(-c2nc(-c3ccccc3)nc(-n3c4ccccc4c4c3c3ccccc3n4-c3cccc(-n4c5ccccc5c5c4c4ccccc4n5-c4nc(-c5ccccc5)nc(-c5ccccc5)n4)c3)n2)cc1. The zero-order valence-corrected chi connectivity index (χ0v) is 39.6. The summed E-state index contributed by atoms with van der Waals surface area (Å²) in [5, 5.41) is 4.30. The standard InChI is InChI=1S/C64H40N10/c1-5-22-41(23-6-1)59-65-60(42-24-7-2-8-25-42)68-63(67-59)73-53-38-19-15-34-49(53)55-57(73)47-32-13-17-36-51(47)71(55)45-30-21-31-46(40-45)72-52-37-18-14-33-48(52)58-56(72)50-35-16-20-39-54(50)74(58)64-69-61(43-26-9-3-10-27-43)66-62(70-64)44-28-11-4-12-29-44/h1-40H. The van der Waals surface area contributed by atoms with E-state index < -0.39 is 0 Å². The quantitative estimate of drug-likeness (QED) is 0.150. The van der Waals surface area contributed by atoms with Gasteiger partial charge in [0.1, 0.15) is 0 Å². The number of aromatic nitrogens is 10. The van der Waals surface area contributed by atoms with Gasteiger partial charge in [0.15, 0.2) is 23.3 Å². The predicted octanol–water partition coefficient (Wildman–Crippen LogP) is 14.8. The van der Waals surface area contributed by atoms with Crippen molar-refractivity contribution < 1.29 is 0 Å². The van der Waals surface area contributed by atoms with Crippen molar-refractivity contribution in [1.82, 2.24) is 48.2 Å². The first kappa shape index (κ1) is 41.5. The Kier molecular flexibility index (Phi) is 9.33.